The van der Waals surface area contributed by atoms with Gasteiger partial charge in [-0.15, -0.1) is 0 Å². The van der Waals surface area contributed by atoms with Crippen LogP contribution >= 0.6 is 11.3 Å². The van der Waals surface area contributed by atoms with Gasteiger partial charge in [-0.3, -0.25) is 4.79 Å². The van der Waals surface area contributed by atoms with E-state index < -0.39 is 11.7 Å². The SMILES string of the molecule is CC(=O)Nc1nc2c(Oc3cc(-c4ccc(C(F)(F)F)cc4C#CC4CCCCN4)ncn3)cccc2s1. The summed E-state index contributed by atoms with van der Waals surface area (Å²) in [5.41, 5.74) is 0.793. The van der Waals surface area contributed by atoms with Crippen LogP contribution in [0, 0.1) is 11.8 Å². The van der Waals surface area contributed by atoms with Crippen molar-refractivity contribution in [3.63, 3.8) is 0 Å². The van der Waals surface area contributed by atoms with Gasteiger partial charge in [-0.1, -0.05) is 35.3 Å². The average molecular weight is 538 g/mol. The van der Waals surface area contributed by atoms with E-state index in [2.05, 4.69) is 37.4 Å². The number of anilines is 1. The Kier molecular flexibility index (Phi) is 7.26. The Hall–Kier alpha value is -4.01. The van der Waals surface area contributed by atoms with E-state index >= 15 is 0 Å². The number of carbonyl (C=O) groups excluding carboxylic acids is 1. The number of rotatable bonds is 4. The van der Waals surface area contributed by atoms with Crippen molar-refractivity contribution in [1.82, 2.24) is 20.3 Å². The van der Waals surface area contributed by atoms with Gasteiger partial charge in [0, 0.05) is 24.1 Å². The van der Waals surface area contributed by atoms with Gasteiger partial charge in [-0.2, -0.15) is 13.2 Å². The highest BCUT2D eigenvalue weighted by Crippen LogP contribution is 2.36. The summed E-state index contributed by atoms with van der Waals surface area (Å²) in [4.78, 5) is 24.3. The highest BCUT2D eigenvalue weighted by Gasteiger charge is 2.31. The highest BCUT2D eigenvalue weighted by atomic mass is 32.1. The molecule has 194 valence electrons. The number of halogens is 3. The number of thiazole rings is 1. The molecule has 7 nitrogen and oxygen atoms in total. The summed E-state index contributed by atoms with van der Waals surface area (Å²) in [6.07, 6.45) is -0.294. The predicted octanol–water partition coefficient (Wildman–Crippen LogP) is 6.02. The number of hydrogen-bond donors (Lipinski definition) is 2. The molecular formula is C27H22F3N5O2S. The van der Waals surface area contributed by atoms with E-state index in [1.165, 1.54) is 30.7 Å². The summed E-state index contributed by atoms with van der Waals surface area (Å²) in [6.45, 7) is 2.23. The summed E-state index contributed by atoms with van der Waals surface area (Å²) in [6, 6.07) is 10.3. The maximum Gasteiger partial charge on any atom is 0.416 e. The van der Waals surface area contributed by atoms with Gasteiger partial charge in [0.25, 0.3) is 0 Å². The van der Waals surface area contributed by atoms with Crippen LogP contribution in [-0.2, 0) is 11.0 Å². The second-order valence-electron chi connectivity index (χ2n) is 8.68. The van der Waals surface area contributed by atoms with E-state index in [0.29, 0.717) is 27.7 Å². The highest BCUT2D eigenvalue weighted by molar-refractivity contribution is 7.22. The molecule has 0 saturated carbocycles. The molecule has 2 aromatic carbocycles. The molecule has 0 spiro atoms. The first-order chi connectivity index (χ1) is 18.3. The van der Waals surface area contributed by atoms with Gasteiger partial charge in [0.1, 0.15) is 11.8 Å². The van der Waals surface area contributed by atoms with E-state index in [1.807, 2.05) is 6.07 Å². The maximum atomic E-state index is 13.5. The van der Waals surface area contributed by atoms with Gasteiger partial charge in [0.15, 0.2) is 10.9 Å². The fourth-order valence-corrected chi connectivity index (χ4v) is 4.98. The largest absolute Gasteiger partial charge is 0.437 e. The molecule has 0 radical (unpaired) electrons. The van der Waals surface area contributed by atoms with Crippen LogP contribution in [0.2, 0.25) is 0 Å². The van der Waals surface area contributed by atoms with Crippen molar-refractivity contribution in [2.45, 2.75) is 38.4 Å². The van der Waals surface area contributed by atoms with Crippen LogP contribution in [0.5, 0.6) is 11.6 Å². The van der Waals surface area contributed by atoms with Crippen LogP contribution in [0.1, 0.15) is 37.3 Å². The van der Waals surface area contributed by atoms with Gasteiger partial charge < -0.3 is 15.4 Å². The van der Waals surface area contributed by atoms with Crippen molar-refractivity contribution in [3.05, 3.63) is 59.9 Å². The standard InChI is InChI=1S/C27H22F3N5O2S/c1-16(36)34-26-35-25-22(6-4-7-23(25)38-26)37-24-14-21(32-15-33-24)20-11-9-18(27(28,29)30)13-17(20)8-10-19-5-2-3-12-31-19/h4,6-7,9,11,13-15,19,31H,2-3,5,12H2,1H3,(H,34,35,36). The van der Waals surface area contributed by atoms with Crippen molar-refractivity contribution in [2.75, 3.05) is 11.9 Å². The van der Waals surface area contributed by atoms with Crippen LogP contribution in [-0.4, -0.2) is 33.4 Å². The molecule has 0 aliphatic carbocycles. The zero-order valence-corrected chi connectivity index (χ0v) is 21.0. The molecule has 1 saturated heterocycles. The molecule has 38 heavy (non-hydrogen) atoms. The summed E-state index contributed by atoms with van der Waals surface area (Å²) < 4.78 is 47.2. The summed E-state index contributed by atoms with van der Waals surface area (Å²) in [5.74, 6) is 6.39. The molecule has 0 bridgehead atoms. The number of benzene rings is 2. The predicted molar refractivity (Wildman–Crippen MR) is 139 cm³/mol. The smallest absolute Gasteiger partial charge is 0.416 e. The fraction of sp³-hybridized carbons (Fsp3) is 0.259. The molecular weight excluding hydrogens is 515 g/mol. The lowest BCUT2D eigenvalue weighted by molar-refractivity contribution is -0.137. The summed E-state index contributed by atoms with van der Waals surface area (Å²) in [7, 11) is 0. The Bertz CT molecular complexity index is 1550. The third-order valence-electron chi connectivity index (χ3n) is 5.84. The van der Waals surface area contributed by atoms with Crippen molar-refractivity contribution in [2.24, 2.45) is 0 Å². The van der Waals surface area contributed by atoms with Gasteiger partial charge in [0.05, 0.1) is 22.0 Å². The molecule has 2 aromatic heterocycles. The number of aromatic nitrogens is 3. The van der Waals surface area contributed by atoms with Crippen LogP contribution in [0.15, 0.2) is 48.8 Å². The lowest BCUT2D eigenvalue weighted by Gasteiger charge is -2.18. The van der Waals surface area contributed by atoms with Crippen LogP contribution in [0.4, 0.5) is 18.3 Å². The molecule has 1 fully saturated rings. The second kappa shape index (κ2) is 10.8. The molecule has 2 N–H and O–H groups in total. The van der Waals surface area contributed by atoms with E-state index in [0.717, 1.165) is 42.6 Å². The molecule has 1 atom stereocenters. The number of nitrogens with one attached hydrogen (secondary N) is 2. The van der Waals surface area contributed by atoms with Crippen LogP contribution in [0.3, 0.4) is 0 Å². The number of piperidine rings is 1. The van der Waals surface area contributed by atoms with Gasteiger partial charge in [0.2, 0.25) is 11.8 Å². The monoisotopic (exact) mass is 537 g/mol. The van der Waals surface area contributed by atoms with Gasteiger partial charge in [-0.25, -0.2) is 15.0 Å². The average Bonchev–Trinajstić information content (AvgIpc) is 3.30. The number of para-hydroxylation sites is 1. The number of nitrogens with zero attached hydrogens (tertiary/aromatic N) is 3. The number of carbonyl (C=O) groups is 1. The van der Waals surface area contributed by atoms with E-state index in [1.54, 1.807) is 18.2 Å². The Labute approximate surface area is 220 Å². The third kappa shape index (κ3) is 5.93. The van der Waals surface area contributed by atoms with Crippen molar-refractivity contribution in [1.29, 1.82) is 0 Å². The Morgan fingerprint density at radius 2 is 2.05 bits per heavy atom. The third-order valence-corrected chi connectivity index (χ3v) is 6.77. The molecule has 1 unspecified atom stereocenters. The fourth-order valence-electron chi connectivity index (χ4n) is 4.05. The Morgan fingerprint density at radius 1 is 1.18 bits per heavy atom. The Morgan fingerprint density at radius 3 is 2.82 bits per heavy atom. The molecule has 5 rings (SSSR count). The van der Waals surface area contributed by atoms with Crippen molar-refractivity contribution >= 4 is 32.6 Å². The summed E-state index contributed by atoms with van der Waals surface area (Å²) >= 11 is 1.30. The minimum absolute atomic E-state index is 0.0728. The topological polar surface area (TPSA) is 89.0 Å². The van der Waals surface area contributed by atoms with E-state index in [-0.39, 0.29) is 23.4 Å². The van der Waals surface area contributed by atoms with Gasteiger partial charge in [-0.05, 0) is 50.1 Å². The lowest BCUT2D eigenvalue weighted by atomic mass is 9.99. The maximum absolute atomic E-state index is 13.5. The van der Waals surface area contributed by atoms with Crippen molar-refractivity contribution in [3.8, 4) is 34.7 Å². The molecule has 4 aromatic rings. The first-order valence-electron chi connectivity index (χ1n) is 11.9. The molecule has 11 heteroatoms. The number of alkyl halides is 3. The van der Waals surface area contributed by atoms with Gasteiger partial charge >= 0.3 is 6.18 Å². The molecule has 3 heterocycles. The van der Waals surface area contributed by atoms with Crippen molar-refractivity contribution < 1.29 is 22.7 Å². The van der Waals surface area contributed by atoms with Crippen LogP contribution < -0.4 is 15.4 Å². The zero-order valence-electron chi connectivity index (χ0n) is 20.2. The van der Waals surface area contributed by atoms with E-state index in [4.69, 9.17) is 4.74 Å². The minimum Gasteiger partial charge on any atom is -0.437 e. The first-order valence-corrected chi connectivity index (χ1v) is 12.7. The Balaban J connectivity index is 1.49. The zero-order chi connectivity index (χ0) is 26.7. The lowest BCUT2D eigenvalue weighted by Crippen LogP contribution is -2.32. The second-order valence-corrected chi connectivity index (χ2v) is 9.71. The summed E-state index contributed by atoms with van der Waals surface area (Å²) in [5, 5.41) is 6.39. The molecule has 1 aliphatic heterocycles. The molecule has 1 aliphatic rings. The molecule has 1 amide bonds. The number of hydrogen-bond acceptors (Lipinski definition) is 7. The number of amides is 1. The number of fused-ring (bicyclic) bond motifs is 1. The van der Waals surface area contributed by atoms with E-state index in [9.17, 15) is 18.0 Å². The normalized spacial score (nSPS) is 15.5. The quantitative estimate of drug-likeness (QED) is 0.310. The van der Waals surface area contributed by atoms with Crippen LogP contribution in [0.25, 0.3) is 21.5 Å². The first kappa shape index (κ1) is 25.6. The number of ether oxygens (including phenoxy) is 1. The minimum atomic E-state index is -4.50.